The summed E-state index contributed by atoms with van der Waals surface area (Å²) in [4.78, 5) is 21.8. The molecule has 0 aliphatic carbocycles. The summed E-state index contributed by atoms with van der Waals surface area (Å²) in [5.41, 5.74) is 0. The van der Waals surface area contributed by atoms with Crippen LogP contribution in [0.25, 0.3) is 0 Å². The van der Waals surface area contributed by atoms with E-state index in [4.69, 9.17) is 5.11 Å². The molecule has 0 heterocycles. The normalized spacial score (nSPS) is 13.7. The average Bonchev–Trinajstić information content (AvgIpc) is 2.22. The number of ether oxygens (including phenoxy) is 1. The van der Waals surface area contributed by atoms with Gasteiger partial charge in [-0.05, 0) is 13.0 Å². The van der Waals surface area contributed by atoms with E-state index in [0.29, 0.717) is 0 Å². The number of esters is 1. The number of ketones is 1. The van der Waals surface area contributed by atoms with Gasteiger partial charge in [-0.25, -0.2) is 0 Å². The van der Waals surface area contributed by atoms with Crippen LogP contribution in [0.15, 0.2) is 36.5 Å². The van der Waals surface area contributed by atoms with E-state index in [9.17, 15) is 9.59 Å². The summed E-state index contributed by atoms with van der Waals surface area (Å²) in [6.45, 7) is 1.64. The fourth-order valence-electron chi connectivity index (χ4n) is 0.789. The number of methoxy groups -OCH3 is 1. The van der Waals surface area contributed by atoms with Crippen LogP contribution in [0.4, 0.5) is 0 Å². The second kappa shape index (κ2) is 8.61. The lowest BCUT2D eigenvalue weighted by Crippen LogP contribution is -2.06. The van der Waals surface area contributed by atoms with E-state index >= 15 is 0 Å². The van der Waals surface area contributed by atoms with E-state index in [0.717, 1.165) is 0 Å². The number of carbonyl (C=O) groups is 2. The van der Waals surface area contributed by atoms with Gasteiger partial charge in [0.05, 0.1) is 13.2 Å². The predicted molar refractivity (Wildman–Crippen MR) is 60.7 cm³/mol. The number of hydrogen-bond donors (Lipinski definition) is 1. The Morgan fingerprint density at radius 3 is 2.44 bits per heavy atom. The lowest BCUT2D eigenvalue weighted by atomic mass is 10.2. The van der Waals surface area contributed by atoms with Gasteiger partial charge in [0.2, 0.25) is 0 Å². The monoisotopic (exact) mass is 224 g/mol. The third-order valence-corrected chi connectivity index (χ3v) is 1.55. The molecule has 0 aromatic rings. The number of aliphatic hydroxyl groups is 1. The van der Waals surface area contributed by atoms with E-state index < -0.39 is 12.1 Å². The molecule has 0 saturated carbocycles. The van der Waals surface area contributed by atoms with Gasteiger partial charge in [0.15, 0.2) is 5.78 Å². The van der Waals surface area contributed by atoms with Crippen molar-refractivity contribution >= 4 is 11.8 Å². The molecule has 0 bridgehead atoms. The molecule has 0 aliphatic heterocycles. The summed E-state index contributed by atoms with van der Waals surface area (Å²) in [5.74, 6) is -0.858. The van der Waals surface area contributed by atoms with Crippen LogP contribution in [0.1, 0.15) is 13.3 Å². The fourth-order valence-corrected chi connectivity index (χ4v) is 0.789. The standard InChI is InChI=1S/C12H16O4/c1-10(13)7-5-3-4-6-8-11(14)9-12(15)16-2/h3-8,10,13H,9H2,1-2H3. The minimum absolute atomic E-state index is 0.246. The number of carbonyl (C=O) groups excluding carboxylic acids is 2. The summed E-state index contributed by atoms with van der Waals surface area (Å²) >= 11 is 0. The van der Waals surface area contributed by atoms with Crippen LogP contribution in [-0.2, 0) is 14.3 Å². The molecule has 0 radical (unpaired) electrons. The lowest BCUT2D eigenvalue weighted by Gasteiger charge is -1.92. The molecule has 0 rings (SSSR count). The first-order chi connectivity index (χ1) is 7.56. The van der Waals surface area contributed by atoms with Gasteiger partial charge in [0.1, 0.15) is 6.42 Å². The second-order valence-electron chi connectivity index (χ2n) is 3.09. The number of hydrogen-bond acceptors (Lipinski definition) is 4. The van der Waals surface area contributed by atoms with E-state index in [1.807, 2.05) is 0 Å². The smallest absolute Gasteiger partial charge is 0.313 e. The van der Waals surface area contributed by atoms with Gasteiger partial charge < -0.3 is 9.84 Å². The van der Waals surface area contributed by atoms with Crippen molar-refractivity contribution in [2.24, 2.45) is 0 Å². The van der Waals surface area contributed by atoms with E-state index in [1.165, 1.54) is 19.3 Å². The van der Waals surface area contributed by atoms with Gasteiger partial charge in [-0.1, -0.05) is 30.4 Å². The highest BCUT2D eigenvalue weighted by atomic mass is 16.5. The molecule has 0 aromatic heterocycles. The Morgan fingerprint density at radius 1 is 1.25 bits per heavy atom. The van der Waals surface area contributed by atoms with E-state index in [1.54, 1.807) is 31.2 Å². The SMILES string of the molecule is COC(=O)CC(=O)C=CC=CC=CC(C)O. The maximum Gasteiger partial charge on any atom is 0.313 e. The minimum Gasteiger partial charge on any atom is -0.469 e. The van der Waals surface area contributed by atoms with Crippen LogP contribution in [0, 0.1) is 0 Å². The van der Waals surface area contributed by atoms with Crippen molar-refractivity contribution in [3.63, 3.8) is 0 Å². The molecular weight excluding hydrogens is 208 g/mol. The Bertz CT molecular complexity index is 311. The van der Waals surface area contributed by atoms with Gasteiger partial charge >= 0.3 is 5.97 Å². The van der Waals surface area contributed by atoms with Crippen LogP contribution in [0.2, 0.25) is 0 Å². The molecule has 0 amide bonds. The van der Waals surface area contributed by atoms with Gasteiger partial charge in [-0.2, -0.15) is 0 Å². The first-order valence-corrected chi connectivity index (χ1v) is 4.85. The van der Waals surface area contributed by atoms with Crippen LogP contribution >= 0.6 is 0 Å². The van der Waals surface area contributed by atoms with Crippen LogP contribution in [-0.4, -0.2) is 30.1 Å². The summed E-state index contributed by atoms with van der Waals surface area (Å²) in [6, 6.07) is 0. The van der Waals surface area contributed by atoms with Crippen LogP contribution < -0.4 is 0 Å². The van der Waals surface area contributed by atoms with Crippen molar-refractivity contribution in [3.05, 3.63) is 36.5 Å². The molecule has 1 unspecified atom stereocenters. The zero-order chi connectivity index (χ0) is 12.4. The Morgan fingerprint density at radius 2 is 1.88 bits per heavy atom. The van der Waals surface area contributed by atoms with Crippen LogP contribution in [0.5, 0.6) is 0 Å². The zero-order valence-electron chi connectivity index (χ0n) is 9.42. The third-order valence-electron chi connectivity index (χ3n) is 1.55. The van der Waals surface area contributed by atoms with Gasteiger partial charge in [-0.3, -0.25) is 9.59 Å². The number of rotatable bonds is 6. The molecular formula is C12H16O4. The maximum absolute atomic E-state index is 11.1. The molecule has 0 fully saturated rings. The molecule has 16 heavy (non-hydrogen) atoms. The fraction of sp³-hybridized carbons (Fsp3) is 0.333. The molecule has 4 heteroatoms. The Balaban J connectivity index is 3.92. The molecule has 0 aromatic carbocycles. The number of aliphatic hydroxyl groups excluding tert-OH is 1. The Kier molecular flexibility index (Phi) is 7.71. The highest BCUT2D eigenvalue weighted by molar-refractivity contribution is 6.01. The van der Waals surface area contributed by atoms with Crippen molar-refractivity contribution in [1.29, 1.82) is 0 Å². The first-order valence-electron chi connectivity index (χ1n) is 4.85. The molecule has 1 N–H and O–H groups in total. The van der Waals surface area contributed by atoms with Crippen molar-refractivity contribution in [3.8, 4) is 0 Å². The molecule has 0 saturated heterocycles. The molecule has 0 spiro atoms. The summed E-state index contributed by atoms with van der Waals surface area (Å²) in [7, 11) is 1.24. The van der Waals surface area contributed by atoms with Gasteiger partial charge in [0.25, 0.3) is 0 Å². The Labute approximate surface area is 94.9 Å². The van der Waals surface area contributed by atoms with Crippen molar-refractivity contribution in [1.82, 2.24) is 0 Å². The zero-order valence-corrected chi connectivity index (χ0v) is 9.42. The first kappa shape index (κ1) is 14.3. The molecule has 4 nitrogen and oxygen atoms in total. The highest BCUT2D eigenvalue weighted by Gasteiger charge is 2.04. The Hall–Kier alpha value is -1.68. The third kappa shape index (κ3) is 8.90. The highest BCUT2D eigenvalue weighted by Crippen LogP contribution is 1.90. The average molecular weight is 224 g/mol. The van der Waals surface area contributed by atoms with Crippen LogP contribution in [0.3, 0.4) is 0 Å². The molecule has 0 aliphatic rings. The van der Waals surface area contributed by atoms with E-state index in [-0.39, 0.29) is 12.2 Å². The topological polar surface area (TPSA) is 63.6 Å². The summed E-state index contributed by atoms with van der Waals surface area (Å²) in [5, 5.41) is 8.88. The lowest BCUT2D eigenvalue weighted by molar-refractivity contribution is -0.142. The maximum atomic E-state index is 11.1. The van der Waals surface area contributed by atoms with E-state index in [2.05, 4.69) is 4.74 Å². The molecule has 88 valence electrons. The van der Waals surface area contributed by atoms with Gasteiger partial charge in [0, 0.05) is 0 Å². The summed E-state index contributed by atoms with van der Waals surface area (Å²) < 4.78 is 4.34. The van der Waals surface area contributed by atoms with Gasteiger partial charge in [-0.15, -0.1) is 0 Å². The number of allylic oxidation sites excluding steroid dienone is 5. The minimum atomic E-state index is -0.548. The summed E-state index contributed by atoms with van der Waals surface area (Å²) in [6.07, 6.45) is 8.66. The quantitative estimate of drug-likeness (QED) is 0.318. The molecule has 1 atom stereocenters. The largest absolute Gasteiger partial charge is 0.469 e. The second-order valence-corrected chi connectivity index (χ2v) is 3.09. The van der Waals surface area contributed by atoms with Crippen molar-refractivity contribution in [2.45, 2.75) is 19.4 Å². The van der Waals surface area contributed by atoms with Crippen molar-refractivity contribution in [2.75, 3.05) is 7.11 Å². The van der Waals surface area contributed by atoms with Crippen molar-refractivity contribution < 1.29 is 19.4 Å². The predicted octanol–water partition coefficient (Wildman–Crippen LogP) is 1.17.